The van der Waals surface area contributed by atoms with Crippen LogP contribution >= 0.6 is 12.4 Å². The molecular formula is C29H36ClNO2. The molecule has 2 fully saturated rings. The maximum Gasteiger partial charge on any atom is 0.0940 e. The number of ether oxygens (including phenoxy) is 1. The van der Waals surface area contributed by atoms with Crippen molar-refractivity contribution in [2.75, 3.05) is 13.2 Å². The van der Waals surface area contributed by atoms with E-state index in [1.54, 1.807) is 0 Å². The molecule has 1 saturated heterocycles. The molecule has 0 bridgehead atoms. The lowest BCUT2D eigenvalue weighted by molar-refractivity contribution is -0.0679. The van der Waals surface area contributed by atoms with Crippen LogP contribution < -0.4 is 5.32 Å². The van der Waals surface area contributed by atoms with Gasteiger partial charge in [0.05, 0.1) is 5.60 Å². The largest absolute Gasteiger partial charge is 0.385 e. The number of nitrogens with one attached hydrogen (secondary N) is 1. The Kier molecular flexibility index (Phi) is 7.76. The summed E-state index contributed by atoms with van der Waals surface area (Å²) in [6.07, 6.45) is 6.30. The summed E-state index contributed by atoms with van der Waals surface area (Å²) in [7, 11) is 0. The monoisotopic (exact) mass is 465 g/mol. The van der Waals surface area contributed by atoms with Crippen molar-refractivity contribution < 1.29 is 9.84 Å². The minimum atomic E-state index is -0.721. The lowest BCUT2D eigenvalue weighted by atomic mass is 9.79. The molecule has 33 heavy (non-hydrogen) atoms. The Morgan fingerprint density at radius 1 is 0.939 bits per heavy atom. The van der Waals surface area contributed by atoms with Crippen molar-refractivity contribution >= 4 is 23.2 Å². The van der Waals surface area contributed by atoms with Gasteiger partial charge < -0.3 is 15.2 Å². The third-order valence-electron chi connectivity index (χ3n) is 7.69. The lowest BCUT2D eigenvalue weighted by Gasteiger charge is -2.34. The van der Waals surface area contributed by atoms with Crippen molar-refractivity contribution in [3.63, 3.8) is 0 Å². The van der Waals surface area contributed by atoms with E-state index in [4.69, 9.17) is 4.74 Å². The van der Waals surface area contributed by atoms with E-state index in [-0.39, 0.29) is 12.4 Å². The highest BCUT2D eigenvalue weighted by Crippen LogP contribution is 2.37. The molecule has 1 heterocycles. The van der Waals surface area contributed by atoms with Crippen LogP contribution in [-0.2, 0) is 10.3 Å². The molecule has 3 atom stereocenters. The summed E-state index contributed by atoms with van der Waals surface area (Å²) in [6.45, 7) is 3.58. The van der Waals surface area contributed by atoms with Crippen molar-refractivity contribution in [2.45, 2.75) is 69.1 Å². The van der Waals surface area contributed by atoms with Gasteiger partial charge in [0, 0.05) is 38.1 Å². The number of aliphatic hydroxyl groups is 1. The predicted molar refractivity (Wildman–Crippen MR) is 138 cm³/mol. The second-order valence-corrected chi connectivity index (χ2v) is 9.78. The summed E-state index contributed by atoms with van der Waals surface area (Å²) in [4.78, 5) is 0. The molecule has 2 aliphatic rings. The lowest BCUT2D eigenvalue weighted by Crippen LogP contribution is -2.35. The second-order valence-electron chi connectivity index (χ2n) is 9.78. The van der Waals surface area contributed by atoms with Gasteiger partial charge in [-0.3, -0.25) is 0 Å². The van der Waals surface area contributed by atoms with E-state index in [9.17, 15) is 5.11 Å². The van der Waals surface area contributed by atoms with Crippen molar-refractivity contribution in [1.29, 1.82) is 0 Å². The molecular weight excluding hydrogens is 430 g/mol. The van der Waals surface area contributed by atoms with Crippen LogP contribution in [0, 0.1) is 0 Å². The molecule has 176 valence electrons. The quantitative estimate of drug-likeness (QED) is 0.444. The first kappa shape index (κ1) is 24.2. The molecule has 3 aromatic rings. The molecule has 1 aliphatic heterocycles. The Morgan fingerprint density at radius 2 is 1.67 bits per heavy atom. The Balaban J connectivity index is 0.00000259. The van der Waals surface area contributed by atoms with Crippen LogP contribution in [0.2, 0.25) is 0 Å². The fourth-order valence-corrected chi connectivity index (χ4v) is 5.78. The van der Waals surface area contributed by atoms with Gasteiger partial charge in [-0.2, -0.15) is 0 Å². The smallest absolute Gasteiger partial charge is 0.0940 e. The Labute approximate surface area is 204 Å². The number of fused-ring (bicyclic) bond motifs is 1. The minimum Gasteiger partial charge on any atom is -0.385 e. The number of rotatable bonds is 5. The minimum absolute atomic E-state index is 0. The van der Waals surface area contributed by atoms with Crippen LogP contribution in [0.4, 0.5) is 0 Å². The summed E-state index contributed by atoms with van der Waals surface area (Å²) in [5.74, 6) is 0.583. The van der Waals surface area contributed by atoms with Crippen LogP contribution in [0.1, 0.15) is 74.1 Å². The SMILES string of the molecule is C[C@@H](NC1CCCC(c2ccc(C3(O)CCOCC3)cc2)C1)c1cccc2ccccc12.Cl. The van der Waals surface area contributed by atoms with Crippen molar-refractivity contribution in [1.82, 2.24) is 5.32 Å². The standard InChI is InChI=1S/C29H35NO2.ClH/c1-21(27-11-5-7-23-6-2-3-10-28(23)27)30-26-9-4-8-24(20-26)22-12-14-25(15-13-22)29(31)16-18-32-19-17-29;/h2-3,5-7,10-15,21,24,26,30-31H,4,8-9,16-20H2,1H3;1H/t21-,24?,26?;/m1./s1. The summed E-state index contributed by atoms with van der Waals surface area (Å²) in [5.41, 5.74) is 3.12. The van der Waals surface area contributed by atoms with Crippen LogP contribution in [0.15, 0.2) is 66.7 Å². The molecule has 1 saturated carbocycles. The van der Waals surface area contributed by atoms with E-state index in [1.807, 2.05) is 0 Å². The fourth-order valence-electron chi connectivity index (χ4n) is 5.78. The third-order valence-corrected chi connectivity index (χ3v) is 7.69. The molecule has 0 spiro atoms. The van der Waals surface area contributed by atoms with Gasteiger partial charge in [0.15, 0.2) is 0 Å². The van der Waals surface area contributed by atoms with E-state index < -0.39 is 5.60 Å². The van der Waals surface area contributed by atoms with Gasteiger partial charge in [-0.1, -0.05) is 73.2 Å². The summed E-state index contributed by atoms with van der Waals surface area (Å²) >= 11 is 0. The molecule has 5 rings (SSSR count). The first-order valence-corrected chi connectivity index (χ1v) is 12.3. The van der Waals surface area contributed by atoms with Crippen molar-refractivity contribution in [3.8, 4) is 0 Å². The van der Waals surface area contributed by atoms with Crippen molar-refractivity contribution in [3.05, 3.63) is 83.4 Å². The summed E-state index contributed by atoms with van der Waals surface area (Å²) in [5, 5.41) is 17.6. The van der Waals surface area contributed by atoms with Crippen molar-refractivity contribution in [2.24, 2.45) is 0 Å². The van der Waals surface area contributed by atoms with Gasteiger partial charge in [-0.25, -0.2) is 0 Å². The zero-order chi connectivity index (χ0) is 22.0. The van der Waals surface area contributed by atoms with E-state index in [0.717, 1.165) is 5.56 Å². The van der Waals surface area contributed by atoms with Gasteiger partial charge >= 0.3 is 0 Å². The summed E-state index contributed by atoms with van der Waals surface area (Å²) in [6, 6.07) is 25.0. The second kappa shape index (κ2) is 10.6. The van der Waals surface area contributed by atoms with Gasteiger partial charge in [0.1, 0.15) is 0 Å². The highest BCUT2D eigenvalue weighted by molar-refractivity contribution is 5.86. The zero-order valence-electron chi connectivity index (χ0n) is 19.5. The zero-order valence-corrected chi connectivity index (χ0v) is 20.3. The molecule has 3 nitrogen and oxygen atoms in total. The molecule has 0 aromatic heterocycles. The number of benzene rings is 3. The summed E-state index contributed by atoms with van der Waals surface area (Å²) < 4.78 is 5.44. The molecule has 1 aliphatic carbocycles. The molecule has 3 aromatic carbocycles. The maximum atomic E-state index is 11.0. The van der Waals surface area contributed by atoms with Gasteiger partial charge in [-0.15, -0.1) is 12.4 Å². The van der Waals surface area contributed by atoms with Gasteiger partial charge in [0.25, 0.3) is 0 Å². The number of hydrogen-bond acceptors (Lipinski definition) is 3. The van der Waals surface area contributed by atoms with Crippen LogP contribution in [0.5, 0.6) is 0 Å². The fraction of sp³-hybridized carbons (Fsp3) is 0.448. The van der Waals surface area contributed by atoms with E-state index in [1.165, 1.54) is 47.6 Å². The number of hydrogen-bond donors (Lipinski definition) is 2. The van der Waals surface area contributed by atoms with E-state index in [0.29, 0.717) is 44.1 Å². The van der Waals surface area contributed by atoms with Gasteiger partial charge in [-0.05, 0) is 59.6 Å². The predicted octanol–water partition coefficient (Wildman–Crippen LogP) is 6.64. The first-order chi connectivity index (χ1) is 15.6. The maximum absolute atomic E-state index is 11.0. The highest BCUT2D eigenvalue weighted by atomic mass is 35.5. The normalized spacial score (nSPS) is 23.6. The Bertz CT molecular complexity index is 1040. The Morgan fingerprint density at radius 3 is 2.45 bits per heavy atom. The molecule has 2 unspecified atom stereocenters. The van der Waals surface area contributed by atoms with Crippen LogP contribution in [0.25, 0.3) is 10.8 Å². The van der Waals surface area contributed by atoms with Crippen LogP contribution in [0.3, 0.4) is 0 Å². The third kappa shape index (κ3) is 5.27. The van der Waals surface area contributed by atoms with Gasteiger partial charge in [0.2, 0.25) is 0 Å². The first-order valence-electron chi connectivity index (χ1n) is 12.3. The average molecular weight is 466 g/mol. The average Bonchev–Trinajstić information content (AvgIpc) is 2.84. The van der Waals surface area contributed by atoms with Crippen LogP contribution in [-0.4, -0.2) is 24.4 Å². The topological polar surface area (TPSA) is 41.5 Å². The highest BCUT2D eigenvalue weighted by Gasteiger charge is 2.32. The molecule has 0 amide bonds. The van der Waals surface area contributed by atoms with E-state index in [2.05, 4.69) is 79.0 Å². The Hall–Kier alpha value is -1.91. The van der Waals surface area contributed by atoms with E-state index >= 15 is 0 Å². The molecule has 0 radical (unpaired) electrons. The molecule has 4 heteroatoms. The molecule has 2 N–H and O–H groups in total. The number of halogens is 1.